The molecule has 2 atom stereocenters. The maximum atomic E-state index is 12.1. The summed E-state index contributed by atoms with van der Waals surface area (Å²) in [6, 6.07) is 4.40. The van der Waals surface area contributed by atoms with Gasteiger partial charge in [0.25, 0.3) is 0 Å². The van der Waals surface area contributed by atoms with Crippen LogP contribution in [0.25, 0.3) is 0 Å². The van der Waals surface area contributed by atoms with E-state index < -0.39 is 5.60 Å². The molecule has 1 amide bonds. The molecule has 0 saturated carbocycles. The molecule has 1 aromatic rings. The number of furan rings is 1. The second kappa shape index (κ2) is 6.10. The van der Waals surface area contributed by atoms with Gasteiger partial charge in [0.15, 0.2) is 0 Å². The van der Waals surface area contributed by atoms with E-state index in [-0.39, 0.29) is 18.2 Å². The Morgan fingerprint density at radius 2 is 2.14 bits per heavy atom. The predicted molar refractivity (Wildman–Crippen MR) is 81.1 cm³/mol. The molecule has 0 aliphatic carbocycles. The minimum absolute atomic E-state index is 0.218. The molecular formula is C16H26N2O3. The lowest BCUT2D eigenvalue weighted by molar-refractivity contribution is -0.00238. The number of nitrogens with zero attached hydrogens (tertiary/aromatic N) is 2. The van der Waals surface area contributed by atoms with Gasteiger partial charge in [-0.2, -0.15) is 0 Å². The fourth-order valence-electron chi connectivity index (χ4n) is 2.73. The van der Waals surface area contributed by atoms with E-state index in [0.29, 0.717) is 13.1 Å². The number of hydrogen-bond acceptors (Lipinski definition) is 4. The molecule has 1 saturated heterocycles. The Bertz CT molecular complexity index is 464. The van der Waals surface area contributed by atoms with Gasteiger partial charge in [0, 0.05) is 25.7 Å². The molecule has 0 bridgehead atoms. The summed E-state index contributed by atoms with van der Waals surface area (Å²) in [5.41, 5.74) is -0.446. The molecule has 2 rings (SSSR count). The summed E-state index contributed by atoms with van der Waals surface area (Å²) in [5.74, 6) is 0.965. The molecular weight excluding hydrogens is 268 g/mol. The van der Waals surface area contributed by atoms with Gasteiger partial charge in [-0.05, 0) is 46.8 Å². The zero-order chi connectivity index (χ0) is 15.6. The minimum atomic E-state index is -0.446. The van der Waals surface area contributed by atoms with Crippen LogP contribution < -0.4 is 0 Å². The molecule has 5 heteroatoms. The fraction of sp³-hybridized carbons (Fsp3) is 0.688. The summed E-state index contributed by atoms with van der Waals surface area (Å²) < 4.78 is 10.9. The molecule has 0 unspecified atom stereocenters. The number of amides is 1. The molecule has 0 radical (unpaired) electrons. The number of hydrogen-bond donors (Lipinski definition) is 0. The van der Waals surface area contributed by atoms with Crippen LogP contribution in [0.4, 0.5) is 4.79 Å². The average molecular weight is 294 g/mol. The van der Waals surface area contributed by atoms with Crippen LogP contribution in [0.15, 0.2) is 22.8 Å². The van der Waals surface area contributed by atoms with Gasteiger partial charge in [0.2, 0.25) is 0 Å². The highest BCUT2D eigenvalue weighted by atomic mass is 16.6. The smallest absolute Gasteiger partial charge is 0.410 e. The molecule has 2 heterocycles. The first-order valence-electron chi connectivity index (χ1n) is 7.55. The maximum absolute atomic E-state index is 12.1. The van der Waals surface area contributed by atoms with E-state index in [1.165, 1.54) is 0 Å². The van der Waals surface area contributed by atoms with Crippen molar-refractivity contribution in [2.75, 3.05) is 19.6 Å². The molecule has 1 fully saturated rings. The third-order valence-corrected chi connectivity index (χ3v) is 3.78. The molecule has 0 spiro atoms. The molecule has 0 aromatic carbocycles. The summed E-state index contributed by atoms with van der Waals surface area (Å²) in [6.07, 6.45) is 1.48. The Labute approximate surface area is 126 Å². The lowest BCUT2D eigenvalue weighted by Crippen LogP contribution is -2.54. The van der Waals surface area contributed by atoms with E-state index in [0.717, 1.165) is 12.3 Å². The maximum Gasteiger partial charge on any atom is 0.410 e. The van der Waals surface area contributed by atoms with E-state index in [2.05, 4.69) is 18.7 Å². The molecule has 1 aliphatic rings. The quantitative estimate of drug-likeness (QED) is 0.839. The van der Waals surface area contributed by atoms with Crippen molar-refractivity contribution < 1.29 is 13.9 Å². The average Bonchev–Trinajstić information content (AvgIpc) is 2.89. The van der Waals surface area contributed by atoms with Crippen molar-refractivity contribution in [2.45, 2.75) is 52.3 Å². The number of piperazine rings is 1. The second-order valence-electron chi connectivity index (χ2n) is 6.70. The number of rotatable bonds is 2. The van der Waals surface area contributed by atoms with Crippen LogP contribution in [0.2, 0.25) is 0 Å². The van der Waals surface area contributed by atoms with Crippen molar-refractivity contribution in [3.63, 3.8) is 0 Å². The van der Waals surface area contributed by atoms with Crippen LogP contribution in [0.5, 0.6) is 0 Å². The van der Waals surface area contributed by atoms with Crippen LogP contribution in [0.1, 0.15) is 46.4 Å². The third kappa shape index (κ3) is 4.00. The Hall–Kier alpha value is -1.49. The molecule has 118 valence electrons. The molecule has 21 heavy (non-hydrogen) atoms. The van der Waals surface area contributed by atoms with E-state index in [1.807, 2.05) is 32.9 Å². The lowest BCUT2D eigenvalue weighted by Gasteiger charge is -2.42. The van der Waals surface area contributed by atoms with Crippen molar-refractivity contribution in [2.24, 2.45) is 0 Å². The van der Waals surface area contributed by atoms with Crippen LogP contribution in [0, 0.1) is 0 Å². The summed E-state index contributed by atoms with van der Waals surface area (Å²) in [4.78, 5) is 16.3. The summed E-state index contributed by atoms with van der Waals surface area (Å²) >= 11 is 0. The number of carbonyl (C=O) groups excluding carboxylic acids is 1. The normalized spacial score (nSPS) is 22.1. The zero-order valence-electron chi connectivity index (χ0n) is 13.6. The molecule has 0 N–H and O–H groups in total. The molecule has 5 nitrogen and oxygen atoms in total. The number of ether oxygens (including phenoxy) is 1. The van der Waals surface area contributed by atoms with Crippen LogP contribution >= 0.6 is 0 Å². The van der Waals surface area contributed by atoms with Crippen molar-refractivity contribution in [1.29, 1.82) is 0 Å². The van der Waals surface area contributed by atoms with E-state index in [1.54, 1.807) is 11.2 Å². The standard InChI is InChI=1S/C16H26N2O3/c1-12-11-17(15(19)21-16(3,4)5)8-9-18(12)13(2)14-7-6-10-20-14/h6-7,10,12-13H,8-9,11H2,1-5H3/t12-,13-/m0/s1. The molecule has 1 aromatic heterocycles. The Balaban J connectivity index is 1.94. The predicted octanol–water partition coefficient (Wildman–Crippen LogP) is 3.28. The lowest BCUT2D eigenvalue weighted by atomic mass is 10.1. The van der Waals surface area contributed by atoms with E-state index in [9.17, 15) is 4.79 Å². The first-order chi connectivity index (χ1) is 9.78. The highest BCUT2D eigenvalue weighted by Gasteiger charge is 2.32. The second-order valence-corrected chi connectivity index (χ2v) is 6.70. The first-order valence-corrected chi connectivity index (χ1v) is 7.55. The summed E-state index contributed by atoms with van der Waals surface area (Å²) in [5, 5.41) is 0. The number of carbonyl (C=O) groups is 1. The van der Waals surface area contributed by atoms with E-state index >= 15 is 0 Å². The SMILES string of the molecule is C[C@H]1CN(C(=O)OC(C)(C)C)CCN1[C@@H](C)c1ccco1. The Kier molecular flexibility index (Phi) is 4.61. The van der Waals surface area contributed by atoms with Gasteiger partial charge in [-0.3, -0.25) is 4.90 Å². The highest BCUT2D eigenvalue weighted by Crippen LogP contribution is 2.25. The van der Waals surface area contributed by atoms with Gasteiger partial charge in [-0.1, -0.05) is 0 Å². The Morgan fingerprint density at radius 1 is 1.43 bits per heavy atom. The Morgan fingerprint density at radius 3 is 2.67 bits per heavy atom. The van der Waals surface area contributed by atoms with Gasteiger partial charge in [-0.15, -0.1) is 0 Å². The van der Waals surface area contributed by atoms with Crippen molar-refractivity contribution >= 4 is 6.09 Å². The van der Waals surface area contributed by atoms with Crippen molar-refractivity contribution in [3.8, 4) is 0 Å². The van der Waals surface area contributed by atoms with Crippen molar-refractivity contribution in [1.82, 2.24) is 9.80 Å². The largest absolute Gasteiger partial charge is 0.468 e. The minimum Gasteiger partial charge on any atom is -0.468 e. The monoisotopic (exact) mass is 294 g/mol. The summed E-state index contributed by atoms with van der Waals surface area (Å²) in [7, 11) is 0. The van der Waals surface area contributed by atoms with Gasteiger partial charge in [0.05, 0.1) is 12.3 Å². The highest BCUT2D eigenvalue weighted by molar-refractivity contribution is 5.68. The van der Waals surface area contributed by atoms with E-state index in [4.69, 9.17) is 9.15 Å². The third-order valence-electron chi connectivity index (χ3n) is 3.78. The fourth-order valence-corrected chi connectivity index (χ4v) is 2.73. The van der Waals surface area contributed by atoms with Gasteiger partial charge < -0.3 is 14.1 Å². The van der Waals surface area contributed by atoms with Crippen LogP contribution in [-0.2, 0) is 4.74 Å². The van der Waals surface area contributed by atoms with Gasteiger partial charge >= 0.3 is 6.09 Å². The van der Waals surface area contributed by atoms with Gasteiger partial charge in [-0.25, -0.2) is 4.79 Å². The first kappa shape index (κ1) is 15.9. The zero-order valence-corrected chi connectivity index (χ0v) is 13.6. The van der Waals surface area contributed by atoms with Gasteiger partial charge in [0.1, 0.15) is 11.4 Å². The van der Waals surface area contributed by atoms with Crippen LogP contribution in [-0.4, -0.2) is 47.2 Å². The van der Waals surface area contributed by atoms with Crippen molar-refractivity contribution in [3.05, 3.63) is 24.2 Å². The molecule has 1 aliphatic heterocycles. The van der Waals surface area contributed by atoms with Crippen LogP contribution in [0.3, 0.4) is 0 Å². The topological polar surface area (TPSA) is 45.9 Å². The summed E-state index contributed by atoms with van der Waals surface area (Å²) in [6.45, 7) is 12.1.